The van der Waals surface area contributed by atoms with Gasteiger partial charge in [-0.2, -0.15) is 0 Å². The van der Waals surface area contributed by atoms with Crippen LogP contribution in [0.25, 0.3) is 10.8 Å². The van der Waals surface area contributed by atoms with Gasteiger partial charge < -0.3 is 0 Å². The van der Waals surface area contributed by atoms with E-state index in [0.717, 1.165) is 23.6 Å². The molecule has 0 aromatic heterocycles. The Labute approximate surface area is 140 Å². The topological polar surface area (TPSA) is 46.2 Å². The fourth-order valence-electron chi connectivity index (χ4n) is 3.18. The van der Waals surface area contributed by atoms with Crippen molar-refractivity contribution >= 4 is 38.1 Å². The standard InChI is InChI=1S/C18H14ClNO2S/c19-14-7-9-15(10-8-14)20-23(21,22)17-11-6-13-5-4-12-2-1-3-16(17)18(12)13/h1-3,6-11,20H,4-5H2. The number of aryl methyl sites for hydroxylation is 2. The van der Waals surface area contributed by atoms with E-state index in [2.05, 4.69) is 10.8 Å². The van der Waals surface area contributed by atoms with Crippen molar-refractivity contribution in [2.45, 2.75) is 17.7 Å². The quantitative estimate of drug-likeness (QED) is 0.766. The second-order valence-electron chi connectivity index (χ2n) is 5.67. The molecular weight excluding hydrogens is 330 g/mol. The van der Waals surface area contributed by atoms with E-state index >= 15 is 0 Å². The average molecular weight is 344 g/mol. The predicted molar refractivity (Wildman–Crippen MR) is 93.6 cm³/mol. The number of nitrogens with one attached hydrogen (secondary N) is 1. The maximum Gasteiger partial charge on any atom is 0.262 e. The van der Waals surface area contributed by atoms with Crippen LogP contribution in [0.1, 0.15) is 11.1 Å². The average Bonchev–Trinajstić information content (AvgIpc) is 2.95. The molecule has 3 aromatic rings. The SMILES string of the molecule is O=S(=O)(Nc1ccc(Cl)cc1)c1ccc2c3c(cccc13)CC2. The Hall–Kier alpha value is -2.04. The molecule has 116 valence electrons. The van der Waals surface area contributed by atoms with Crippen LogP contribution >= 0.6 is 11.6 Å². The van der Waals surface area contributed by atoms with Crippen molar-refractivity contribution in [1.29, 1.82) is 0 Å². The van der Waals surface area contributed by atoms with Crippen molar-refractivity contribution in [2.75, 3.05) is 4.72 Å². The molecule has 23 heavy (non-hydrogen) atoms. The minimum absolute atomic E-state index is 0.315. The van der Waals surface area contributed by atoms with Gasteiger partial charge in [0.15, 0.2) is 0 Å². The third-order valence-electron chi connectivity index (χ3n) is 4.22. The van der Waals surface area contributed by atoms with E-state index in [1.807, 2.05) is 18.2 Å². The summed E-state index contributed by atoms with van der Waals surface area (Å²) in [5.74, 6) is 0. The summed E-state index contributed by atoms with van der Waals surface area (Å²) in [6.07, 6.45) is 1.95. The van der Waals surface area contributed by atoms with Gasteiger partial charge in [-0.25, -0.2) is 8.42 Å². The van der Waals surface area contributed by atoms with E-state index in [-0.39, 0.29) is 0 Å². The Bertz CT molecular complexity index is 1000. The fourth-order valence-corrected chi connectivity index (χ4v) is 4.57. The molecule has 0 spiro atoms. The smallest absolute Gasteiger partial charge is 0.262 e. The molecule has 0 amide bonds. The van der Waals surface area contributed by atoms with Gasteiger partial charge in [-0.15, -0.1) is 0 Å². The maximum absolute atomic E-state index is 12.8. The second-order valence-corrected chi connectivity index (χ2v) is 7.76. The molecule has 0 saturated carbocycles. The first kappa shape index (κ1) is 14.5. The van der Waals surface area contributed by atoms with Crippen LogP contribution in [-0.2, 0) is 22.9 Å². The number of sulfonamides is 1. The van der Waals surface area contributed by atoms with Gasteiger partial charge >= 0.3 is 0 Å². The molecule has 0 radical (unpaired) electrons. The number of rotatable bonds is 3. The molecular formula is C18H14ClNO2S. The van der Waals surface area contributed by atoms with Crippen molar-refractivity contribution in [3.05, 3.63) is 70.7 Å². The summed E-state index contributed by atoms with van der Waals surface area (Å²) >= 11 is 5.84. The zero-order valence-electron chi connectivity index (χ0n) is 12.2. The first-order valence-corrected chi connectivity index (χ1v) is 9.22. The third-order valence-corrected chi connectivity index (χ3v) is 5.91. The summed E-state index contributed by atoms with van der Waals surface area (Å²) in [6, 6.07) is 16.1. The summed E-state index contributed by atoms with van der Waals surface area (Å²) in [5, 5.41) is 2.45. The lowest BCUT2D eigenvalue weighted by atomic mass is 10.1. The van der Waals surface area contributed by atoms with Crippen LogP contribution in [0.3, 0.4) is 0 Å². The van der Waals surface area contributed by atoms with E-state index in [1.54, 1.807) is 30.3 Å². The summed E-state index contributed by atoms with van der Waals surface area (Å²) in [6.45, 7) is 0. The molecule has 3 aromatic carbocycles. The summed E-state index contributed by atoms with van der Waals surface area (Å²) in [5.41, 5.74) is 2.94. The van der Waals surface area contributed by atoms with Gasteiger partial charge in [-0.1, -0.05) is 35.9 Å². The van der Waals surface area contributed by atoms with E-state index in [9.17, 15) is 8.42 Å². The maximum atomic E-state index is 12.8. The van der Waals surface area contributed by atoms with Crippen molar-refractivity contribution in [2.24, 2.45) is 0 Å². The summed E-state index contributed by atoms with van der Waals surface area (Å²) in [4.78, 5) is 0.315. The Balaban J connectivity index is 1.84. The number of benzene rings is 3. The van der Waals surface area contributed by atoms with Crippen molar-refractivity contribution in [3.63, 3.8) is 0 Å². The van der Waals surface area contributed by atoms with Crippen LogP contribution in [0.15, 0.2) is 59.5 Å². The highest BCUT2D eigenvalue weighted by Gasteiger charge is 2.22. The van der Waals surface area contributed by atoms with E-state index in [1.165, 1.54) is 11.1 Å². The lowest BCUT2D eigenvalue weighted by molar-refractivity contribution is 0.602. The van der Waals surface area contributed by atoms with Gasteiger partial charge in [0.1, 0.15) is 0 Å². The van der Waals surface area contributed by atoms with Crippen molar-refractivity contribution in [1.82, 2.24) is 0 Å². The number of anilines is 1. The summed E-state index contributed by atoms with van der Waals surface area (Å²) < 4.78 is 28.2. The summed E-state index contributed by atoms with van der Waals surface area (Å²) in [7, 11) is -3.65. The molecule has 0 heterocycles. The lowest BCUT2D eigenvalue weighted by Crippen LogP contribution is -2.13. The molecule has 0 bridgehead atoms. The van der Waals surface area contributed by atoms with Gasteiger partial charge in [0.25, 0.3) is 10.0 Å². The number of halogens is 1. The lowest BCUT2D eigenvalue weighted by Gasteiger charge is -2.12. The van der Waals surface area contributed by atoms with Crippen LogP contribution in [0, 0.1) is 0 Å². The zero-order chi connectivity index (χ0) is 16.0. The molecule has 4 rings (SSSR count). The molecule has 1 aliphatic rings. The molecule has 1 N–H and O–H groups in total. The molecule has 0 fully saturated rings. The molecule has 0 saturated heterocycles. The van der Waals surface area contributed by atoms with Crippen LogP contribution in [0.2, 0.25) is 5.02 Å². The molecule has 3 nitrogen and oxygen atoms in total. The highest BCUT2D eigenvalue weighted by Crippen LogP contribution is 2.35. The Morgan fingerprint density at radius 1 is 0.870 bits per heavy atom. The van der Waals surface area contributed by atoms with Crippen LogP contribution in [0.4, 0.5) is 5.69 Å². The third kappa shape index (κ3) is 2.48. The molecule has 0 atom stereocenters. The first-order valence-electron chi connectivity index (χ1n) is 7.36. The zero-order valence-corrected chi connectivity index (χ0v) is 13.8. The highest BCUT2D eigenvalue weighted by atomic mass is 35.5. The molecule has 5 heteroatoms. The monoisotopic (exact) mass is 343 g/mol. The Kier molecular flexibility index (Phi) is 3.32. The van der Waals surface area contributed by atoms with E-state index in [0.29, 0.717) is 15.6 Å². The number of hydrogen-bond donors (Lipinski definition) is 1. The molecule has 0 aliphatic heterocycles. The highest BCUT2D eigenvalue weighted by molar-refractivity contribution is 7.93. The van der Waals surface area contributed by atoms with Crippen molar-refractivity contribution < 1.29 is 8.42 Å². The Morgan fingerprint density at radius 2 is 1.57 bits per heavy atom. The first-order chi connectivity index (χ1) is 11.0. The van der Waals surface area contributed by atoms with E-state index < -0.39 is 10.0 Å². The normalized spacial score (nSPS) is 13.4. The number of hydrogen-bond acceptors (Lipinski definition) is 2. The largest absolute Gasteiger partial charge is 0.280 e. The molecule has 1 aliphatic carbocycles. The van der Waals surface area contributed by atoms with Crippen molar-refractivity contribution in [3.8, 4) is 0 Å². The van der Waals surface area contributed by atoms with Gasteiger partial charge in [-0.05, 0) is 59.7 Å². The van der Waals surface area contributed by atoms with Crippen LogP contribution in [-0.4, -0.2) is 8.42 Å². The second kappa shape index (κ2) is 5.25. The van der Waals surface area contributed by atoms with Gasteiger partial charge in [0, 0.05) is 16.1 Å². The minimum Gasteiger partial charge on any atom is -0.280 e. The predicted octanol–water partition coefficient (Wildman–Crippen LogP) is 4.39. The minimum atomic E-state index is -3.65. The van der Waals surface area contributed by atoms with Gasteiger partial charge in [-0.3, -0.25) is 4.72 Å². The molecule has 0 unspecified atom stereocenters. The van der Waals surface area contributed by atoms with Crippen LogP contribution in [0.5, 0.6) is 0 Å². The van der Waals surface area contributed by atoms with Gasteiger partial charge in [0.2, 0.25) is 0 Å². The Morgan fingerprint density at radius 3 is 2.30 bits per heavy atom. The van der Waals surface area contributed by atoms with Crippen LogP contribution < -0.4 is 4.72 Å². The van der Waals surface area contributed by atoms with E-state index in [4.69, 9.17) is 11.6 Å². The van der Waals surface area contributed by atoms with Gasteiger partial charge in [0.05, 0.1) is 4.90 Å². The fraction of sp³-hybridized carbons (Fsp3) is 0.111.